The average molecular weight is 332 g/mol. The molecule has 0 unspecified atom stereocenters. The van der Waals surface area contributed by atoms with Crippen LogP contribution in [0, 0.1) is 0 Å². The molecule has 0 aliphatic heterocycles. The van der Waals surface area contributed by atoms with E-state index in [0.717, 1.165) is 12.3 Å². The lowest BCUT2D eigenvalue weighted by atomic mass is 10.1. The number of rotatable bonds is 18. The van der Waals surface area contributed by atoms with E-state index in [4.69, 9.17) is 11.6 Å². The summed E-state index contributed by atoms with van der Waals surface area (Å²) in [6.45, 7) is 8.36. The van der Waals surface area contributed by atoms with Gasteiger partial charge in [-0.3, -0.25) is 0 Å². The van der Waals surface area contributed by atoms with Crippen LogP contribution in [0.2, 0.25) is 0 Å². The highest BCUT2D eigenvalue weighted by molar-refractivity contribution is 6.17. The standard InChI is InChI=1S/C20H42ClN/c1-3-5-7-9-11-13-15-19-22(20-16-17-21)18-14-12-10-8-6-4-2/h3-20H2,1-2H3. The lowest BCUT2D eigenvalue weighted by Gasteiger charge is -2.22. The minimum atomic E-state index is 0.810. The van der Waals surface area contributed by atoms with Crippen molar-refractivity contribution in [3.8, 4) is 0 Å². The zero-order chi connectivity index (χ0) is 16.3. The monoisotopic (exact) mass is 331 g/mol. The molecule has 0 aromatic carbocycles. The SMILES string of the molecule is CCCCCCCCCN(CCCCl)CCCCCCCC. The van der Waals surface area contributed by atoms with Gasteiger partial charge in [-0.25, -0.2) is 0 Å². The summed E-state index contributed by atoms with van der Waals surface area (Å²) < 4.78 is 0. The summed E-state index contributed by atoms with van der Waals surface area (Å²) in [6, 6.07) is 0. The zero-order valence-electron chi connectivity index (χ0n) is 15.6. The Morgan fingerprint density at radius 1 is 0.500 bits per heavy atom. The first kappa shape index (κ1) is 22.2. The quantitative estimate of drug-likeness (QED) is 0.192. The van der Waals surface area contributed by atoms with E-state index in [1.54, 1.807) is 0 Å². The molecule has 0 N–H and O–H groups in total. The highest BCUT2D eigenvalue weighted by atomic mass is 35.5. The average Bonchev–Trinajstić information content (AvgIpc) is 2.54. The summed E-state index contributed by atoms with van der Waals surface area (Å²) >= 11 is 5.87. The number of halogens is 1. The molecule has 0 saturated heterocycles. The van der Waals surface area contributed by atoms with Crippen molar-refractivity contribution in [1.82, 2.24) is 4.90 Å². The first-order valence-corrected chi connectivity index (χ1v) is 10.7. The Morgan fingerprint density at radius 3 is 1.27 bits per heavy atom. The predicted octanol–water partition coefficient (Wildman–Crippen LogP) is 7.03. The molecule has 22 heavy (non-hydrogen) atoms. The van der Waals surface area contributed by atoms with Crippen molar-refractivity contribution in [2.24, 2.45) is 0 Å². The van der Waals surface area contributed by atoms with E-state index >= 15 is 0 Å². The molecule has 0 spiro atoms. The van der Waals surface area contributed by atoms with E-state index in [2.05, 4.69) is 18.7 Å². The van der Waals surface area contributed by atoms with Gasteiger partial charge >= 0.3 is 0 Å². The van der Waals surface area contributed by atoms with Crippen LogP contribution in [-0.2, 0) is 0 Å². The fourth-order valence-electron chi connectivity index (χ4n) is 3.03. The Kier molecular flexibility index (Phi) is 19.5. The van der Waals surface area contributed by atoms with E-state index in [-0.39, 0.29) is 0 Å². The van der Waals surface area contributed by atoms with Gasteiger partial charge in [0, 0.05) is 5.88 Å². The molecule has 0 radical (unpaired) electrons. The zero-order valence-corrected chi connectivity index (χ0v) is 16.3. The van der Waals surface area contributed by atoms with Crippen LogP contribution in [0.25, 0.3) is 0 Å². The van der Waals surface area contributed by atoms with Gasteiger partial charge in [-0.2, -0.15) is 0 Å². The Balaban J connectivity index is 3.56. The molecule has 0 aromatic rings. The molecule has 0 heterocycles. The Bertz CT molecular complexity index is 196. The number of hydrogen-bond acceptors (Lipinski definition) is 1. The highest BCUT2D eigenvalue weighted by Gasteiger charge is 2.04. The van der Waals surface area contributed by atoms with Crippen molar-refractivity contribution in [1.29, 1.82) is 0 Å². The van der Waals surface area contributed by atoms with E-state index < -0.39 is 0 Å². The Labute approximate surface area is 146 Å². The van der Waals surface area contributed by atoms with E-state index in [0.29, 0.717) is 0 Å². The van der Waals surface area contributed by atoms with Gasteiger partial charge in [0.15, 0.2) is 0 Å². The van der Waals surface area contributed by atoms with Gasteiger partial charge in [0.1, 0.15) is 0 Å². The molecule has 0 aliphatic rings. The first-order chi connectivity index (χ1) is 10.8. The van der Waals surface area contributed by atoms with Crippen molar-refractivity contribution in [2.45, 2.75) is 104 Å². The molecular weight excluding hydrogens is 290 g/mol. The maximum atomic E-state index is 5.87. The van der Waals surface area contributed by atoms with Gasteiger partial charge < -0.3 is 4.90 Å². The van der Waals surface area contributed by atoms with Gasteiger partial charge in [-0.05, 0) is 38.9 Å². The Hall–Kier alpha value is 0.250. The summed E-state index contributed by atoms with van der Waals surface area (Å²) in [6.07, 6.45) is 19.4. The fourth-order valence-corrected chi connectivity index (χ4v) is 3.15. The van der Waals surface area contributed by atoms with E-state index in [1.807, 2.05) is 0 Å². The molecule has 1 nitrogen and oxygen atoms in total. The van der Waals surface area contributed by atoms with Crippen molar-refractivity contribution < 1.29 is 0 Å². The van der Waals surface area contributed by atoms with Crippen molar-refractivity contribution in [3.05, 3.63) is 0 Å². The van der Waals surface area contributed by atoms with E-state index in [9.17, 15) is 0 Å². The summed E-state index contributed by atoms with van der Waals surface area (Å²) in [7, 11) is 0. The topological polar surface area (TPSA) is 3.24 Å². The van der Waals surface area contributed by atoms with Crippen LogP contribution in [-0.4, -0.2) is 30.4 Å². The second-order valence-corrected chi connectivity index (χ2v) is 7.15. The van der Waals surface area contributed by atoms with Gasteiger partial charge in [0.2, 0.25) is 0 Å². The minimum absolute atomic E-state index is 0.810. The van der Waals surface area contributed by atoms with Crippen LogP contribution in [0.5, 0.6) is 0 Å². The fraction of sp³-hybridized carbons (Fsp3) is 1.00. The summed E-state index contributed by atoms with van der Waals surface area (Å²) in [5, 5.41) is 0. The highest BCUT2D eigenvalue weighted by Crippen LogP contribution is 2.10. The Morgan fingerprint density at radius 2 is 0.864 bits per heavy atom. The normalized spacial score (nSPS) is 11.5. The molecular formula is C20H42ClN. The number of nitrogens with zero attached hydrogens (tertiary/aromatic N) is 1. The third-order valence-electron chi connectivity index (χ3n) is 4.51. The summed E-state index contributed by atoms with van der Waals surface area (Å²) in [5.74, 6) is 0.810. The molecule has 0 aliphatic carbocycles. The largest absolute Gasteiger partial charge is 0.303 e. The molecule has 0 atom stereocenters. The number of hydrogen-bond donors (Lipinski definition) is 0. The number of alkyl halides is 1. The third kappa shape index (κ3) is 16.6. The molecule has 0 bridgehead atoms. The number of unbranched alkanes of at least 4 members (excludes halogenated alkanes) is 11. The first-order valence-electron chi connectivity index (χ1n) is 10.1. The smallest absolute Gasteiger partial charge is 0.0235 e. The lowest BCUT2D eigenvalue weighted by Crippen LogP contribution is -2.27. The minimum Gasteiger partial charge on any atom is -0.303 e. The molecule has 0 amide bonds. The molecule has 0 saturated carbocycles. The van der Waals surface area contributed by atoms with Crippen LogP contribution in [0.1, 0.15) is 104 Å². The molecule has 0 fully saturated rings. The molecule has 0 aromatic heterocycles. The predicted molar refractivity (Wildman–Crippen MR) is 103 cm³/mol. The van der Waals surface area contributed by atoms with Crippen LogP contribution < -0.4 is 0 Å². The summed E-state index contributed by atoms with van der Waals surface area (Å²) in [5.41, 5.74) is 0. The maximum Gasteiger partial charge on any atom is 0.0235 e. The molecule has 0 rings (SSSR count). The van der Waals surface area contributed by atoms with Gasteiger partial charge in [-0.15, -0.1) is 11.6 Å². The lowest BCUT2D eigenvalue weighted by molar-refractivity contribution is 0.261. The van der Waals surface area contributed by atoms with Crippen molar-refractivity contribution >= 4 is 11.6 Å². The maximum absolute atomic E-state index is 5.87. The van der Waals surface area contributed by atoms with Crippen LogP contribution in [0.15, 0.2) is 0 Å². The van der Waals surface area contributed by atoms with E-state index in [1.165, 1.54) is 103 Å². The van der Waals surface area contributed by atoms with Crippen LogP contribution >= 0.6 is 11.6 Å². The third-order valence-corrected chi connectivity index (χ3v) is 4.78. The van der Waals surface area contributed by atoms with Crippen molar-refractivity contribution in [2.75, 3.05) is 25.5 Å². The summed E-state index contributed by atoms with van der Waals surface area (Å²) in [4.78, 5) is 2.66. The second-order valence-electron chi connectivity index (χ2n) is 6.77. The van der Waals surface area contributed by atoms with Gasteiger partial charge in [-0.1, -0.05) is 84.5 Å². The van der Waals surface area contributed by atoms with Crippen LogP contribution in [0.4, 0.5) is 0 Å². The van der Waals surface area contributed by atoms with Crippen LogP contribution in [0.3, 0.4) is 0 Å². The van der Waals surface area contributed by atoms with Crippen molar-refractivity contribution in [3.63, 3.8) is 0 Å². The van der Waals surface area contributed by atoms with Gasteiger partial charge in [0.25, 0.3) is 0 Å². The molecule has 2 heteroatoms. The van der Waals surface area contributed by atoms with Gasteiger partial charge in [0.05, 0.1) is 0 Å². The second kappa shape index (κ2) is 19.3. The molecule has 134 valence electrons.